The van der Waals surface area contributed by atoms with Crippen LogP contribution >= 0.6 is 0 Å². The molecule has 108 valence electrons. The fourth-order valence-corrected chi connectivity index (χ4v) is 2.08. The summed E-state index contributed by atoms with van der Waals surface area (Å²) in [6, 6.07) is 1.87. The molecule has 0 aromatic carbocycles. The molecule has 0 bridgehead atoms. The van der Waals surface area contributed by atoms with Crippen LogP contribution in [0.3, 0.4) is 0 Å². The van der Waals surface area contributed by atoms with E-state index in [1.54, 1.807) is 6.20 Å². The summed E-state index contributed by atoms with van der Waals surface area (Å²) in [4.78, 5) is 13.5. The summed E-state index contributed by atoms with van der Waals surface area (Å²) < 4.78 is 0. The van der Waals surface area contributed by atoms with Crippen LogP contribution in [0.5, 0.6) is 0 Å². The highest BCUT2D eigenvalue weighted by Crippen LogP contribution is 2.08. The second kappa shape index (κ2) is 8.82. The van der Waals surface area contributed by atoms with Crippen LogP contribution in [0.1, 0.15) is 32.9 Å². The lowest BCUT2D eigenvalue weighted by molar-refractivity contribution is 0.300. The van der Waals surface area contributed by atoms with E-state index in [4.69, 9.17) is 5.73 Å². The molecule has 0 unspecified atom stereocenters. The summed E-state index contributed by atoms with van der Waals surface area (Å²) in [5.74, 6) is 0.796. The summed E-state index contributed by atoms with van der Waals surface area (Å²) in [5, 5.41) is 0. The molecule has 1 rings (SSSR count). The van der Waals surface area contributed by atoms with Crippen molar-refractivity contribution in [3.8, 4) is 0 Å². The molecule has 0 fully saturated rings. The van der Waals surface area contributed by atoms with Crippen molar-refractivity contribution < 1.29 is 0 Å². The van der Waals surface area contributed by atoms with Crippen LogP contribution in [-0.2, 0) is 6.54 Å². The quantitative estimate of drug-likeness (QED) is 0.733. The maximum Gasteiger partial charge on any atom is 0.225 e. The highest BCUT2D eigenvalue weighted by molar-refractivity contribution is 5.29. The van der Waals surface area contributed by atoms with Crippen molar-refractivity contribution in [2.24, 2.45) is 5.73 Å². The largest absolute Gasteiger partial charge is 0.341 e. The first-order valence-electron chi connectivity index (χ1n) is 7.24. The summed E-state index contributed by atoms with van der Waals surface area (Å²) in [6.07, 6.45) is 2.92. The first kappa shape index (κ1) is 15.9. The Hall–Kier alpha value is -1.20. The number of hydrogen-bond donors (Lipinski definition) is 1. The van der Waals surface area contributed by atoms with Crippen molar-refractivity contribution in [3.05, 3.63) is 18.0 Å². The van der Waals surface area contributed by atoms with Crippen molar-refractivity contribution in [1.29, 1.82) is 0 Å². The normalized spacial score (nSPS) is 11.0. The highest BCUT2D eigenvalue weighted by atomic mass is 15.2. The van der Waals surface area contributed by atoms with E-state index in [2.05, 4.69) is 40.5 Å². The molecular weight excluding hydrogens is 238 g/mol. The van der Waals surface area contributed by atoms with Crippen LogP contribution in [-0.4, -0.2) is 47.6 Å². The minimum atomic E-state index is 0.465. The smallest absolute Gasteiger partial charge is 0.225 e. The SMILES string of the molecule is CCN(CC)CCCN(CC)c1nccc(CN)n1. The molecule has 5 heteroatoms. The zero-order valence-corrected chi connectivity index (χ0v) is 12.5. The van der Waals surface area contributed by atoms with Gasteiger partial charge in [-0.2, -0.15) is 0 Å². The topological polar surface area (TPSA) is 58.3 Å². The molecule has 0 spiro atoms. The van der Waals surface area contributed by atoms with Crippen molar-refractivity contribution in [3.63, 3.8) is 0 Å². The third-order valence-corrected chi connectivity index (χ3v) is 3.37. The van der Waals surface area contributed by atoms with Gasteiger partial charge in [0.2, 0.25) is 5.95 Å². The second-order valence-electron chi connectivity index (χ2n) is 4.51. The minimum absolute atomic E-state index is 0.465. The van der Waals surface area contributed by atoms with E-state index < -0.39 is 0 Å². The van der Waals surface area contributed by atoms with Crippen molar-refractivity contribution in [2.75, 3.05) is 37.6 Å². The van der Waals surface area contributed by atoms with Gasteiger partial charge in [0.25, 0.3) is 0 Å². The Morgan fingerprint density at radius 3 is 2.42 bits per heavy atom. The van der Waals surface area contributed by atoms with Crippen LogP contribution in [0, 0.1) is 0 Å². The highest BCUT2D eigenvalue weighted by Gasteiger charge is 2.08. The molecule has 0 radical (unpaired) electrons. The Morgan fingerprint density at radius 1 is 1.11 bits per heavy atom. The monoisotopic (exact) mass is 265 g/mol. The maximum atomic E-state index is 5.62. The molecule has 0 saturated heterocycles. The number of nitrogens with zero attached hydrogens (tertiary/aromatic N) is 4. The van der Waals surface area contributed by atoms with Gasteiger partial charge >= 0.3 is 0 Å². The third-order valence-electron chi connectivity index (χ3n) is 3.37. The second-order valence-corrected chi connectivity index (χ2v) is 4.51. The van der Waals surface area contributed by atoms with Gasteiger partial charge in [-0.15, -0.1) is 0 Å². The predicted octanol–water partition coefficient (Wildman–Crippen LogP) is 1.49. The van der Waals surface area contributed by atoms with E-state index in [1.807, 2.05) is 6.07 Å². The third kappa shape index (κ3) is 5.12. The van der Waals surface area contributed by atoms with Crippen molar-refractivity contribution >= 4 is 5.95 Å². The molecule has 0 aliphatic rings. The molecule has 19 heavy (non-hydrogen) atoms. The molecule has 0 aliphatic carbocycles. The van der Waals surface area contributed by atoms with Crippen molar-refractivity contribution in [2.45, 2.75) is 33.7 Å². The van der Waals surface area contributed by atoms with Gasteiger partial charge in [0, 0.05) is 25.8 Å². The van der Waals surface area contributed by atoms with E-state index in [0.29, 0.717) is 6.54 Å². The Bertz CT molecular complexity index is 351. The molecule has 1 aromatic rings. The molecule has 0 amide bonds. The minimum Gasteiger partial charge on any atom is -0.341 e. The summed E-state index contributed by atoms with van der Waals surface area (Å²) in [5.41, 5.74) is 6.52. The standard InChI is InChI=1S/C14H27N5/c1-4-18(5-2)10-7-11-19(6-3)14-16-9-8-13(12-15)17-14/h8-9H,4-7,10-12,15H2,1-3H3. The first-order chi connectivity index (χ1) is 9.24. The van der Waals surface area contributed by atoms with Crippen LogP contribution < -0.4 is 10.6 Å². The molecule has 1 heterocycles. The predicted molar refractivity (Wildman–Crippen MR) is 80.2 cm³/mol. The Balaban J connectivity index is 2.52. The van der Waals surface area contributed by atoms with Crippen LogP contribution in [0.25, 0.3) is 0 Å². The summed E-state index contributed by atoms with van der Waals surface area (Å²) >= 11 is 0. The van der Waals surface area contributed by atoms with Gasteiger partial charge in [-0.1, -0.05) is 13.8 Å². The maximum absolute atomic E-state index is 5.62. The number of nitrogens with two attached hydrogens (primary N) is 1. The van der Waals surface area contributed by atoms with E-state index in [9.17, 15) is 0 Å². The average Bonchev–Trinajstić information content (AvgIpc) is 2.47. The van der Waals surface area contributed by atoms with Gasteiger partial charge in [-0.3, -0.25) is 0 Å². The van der Waals surface area contributed by atoms with Gasteiger partial charge in [-0.05, 0) is 39.0 Å². The Labute approximate surface area is 116 Å². The zero-order chi connectivity index (χ0) is 14.1. The lowest BCUT2D eigenvalue weighted by Gasteiger charge is -2.23. The average molecular weight is 265 g/mol. The van der Waals surface area contributed by atoms with Gasteiger partial charge in [-0.25, -0.2) is 9.97 Å². The zero-order valence-electron chi connectivity index (χ0n) is 12.5. The van der Waals surface area contributed by atoms with E-state index in [-0.39, 0.29) is 0 Å². The van der Waals surface area contributed by atoms with Crippen LogP contribution in [0.2, 0.25) is 0 Å². The number of aromatic nitrogens is 2. The number of anilines is 1. The number of rotatable bonds is 9. The lowest BCUT2D eigenvalue weighted by atomic mass is 10.3. The molecule has 0 saturated carbocycles. The summed E-state index contributed by atoms with van der Waals surface area (Å²) in [7, 11) is 0. The molecule has 5 nitrogen and oxygen atoms in total. The summed E-state index contributed by atoms with van der Waals surface area (Å²) in [6.45, 7) is 12.3. The molecule has 1 aromatic heterocycles. The molecule has 0 aliphatic heterocycles. The Kier molecular flexibility index (Phi) is 7.36. The van der Waals surface area contributed by atoms with E-state index >= 15 is 0 Å². The number of hydrogen-bond acceptors (Lipinski definition) is 5. The van der Waals surface area contributed by atoms with E-state index in [1.165, 1.54) is 0 Å². The van der Waals surface area contributed by atoms with E-state index in [0.717, 1.165) is 50.8 Å². The van der Waals surface area contributed by atoms with Crippen LogP contribution in [0.15, 0.2) is 12.3 Å². The van der Waals surface area contributed by atoms with Crippen LogP contribution in [0.4, 0.5) is 5.95 Å². The van der Waals surface area contributed by atoms with Gasteiger partial charge in [0.05, 0.1) is 5.69 Å². The van der Waals surface area contributed by atoms with Gasteiger partial charge in [0.15, 0.2) is 0 Å². The van der Waals surface area contributed by atoms with Gasteiger partial charge < -0.3 is 15.5 Å². The van der Waals surface area contributed by atoms with Gasteiger partial charge in [0.1, 0.15) is 0 Å². The fraction of sp³-hybridized carbons (Fsp3) is 0.714. The molecule has 0 atom stereocenters. The fourth-order valence-electron chi connectivity index (χ4n) is 2.08. The van der Waals surface area contributed by atoms with Crippen molar-refractivity contribution in [1.82, 2.24) is 14.9 Å². The lowest BCUT2D eigenvalue weighted by Crippen LogP contribution is -2.31. The first-order valence-corrected chi connectivity index (χ1v) is 7.24. The molecule has 2 N–H and O–H groups in total. The molecular formula is C14H27N5. The Morgan fingerprint density at radius 2 is 1.84 bits per heavy atom.